The van der Waals surface area contributed by atoms with Crippen LogP contribution in [0.4, 0.5) is 9.18 Å². The van der Waals surface area contributed by atoms with Crippen molar-refractivity contribution >= 4 is 39.0 Å². The highest BCUT2D eigenvalue weighted by Gasteiger charge is 2.42. The molecular weight excluding hydrogens is 455 g/mol. The Bertz CT molecular complexity index is 924. The number of nitrogens with zero attached hydrogens (tertiary/aromatic N) is 1. The third kappa shape index (κ3) is 4.83. The van der Waals surface area contributed by atoms with Gasteiger partial charge in [0.2, 0.25) is 0 Å². The van der Waals surface area contributed by atoms with Crippen LogP contribution in [-0.4, -0.2) is 17.0 Å². The standard InChI is InChI=1S/C22H22BrFN2O2S/c23-17-8-9-19(24)18(11-17)22-10-4-7-16(12-22)14-29-20(26-22)25-21(27)28-13-15-5-2-1-3-6-15/h1-3,5-6,8-9,11,16H,4,7,10,12-14H2,(H,25,26,27)/t16-,22-/m0/s1. The Kier molecular flexibility index (Phi) is 6.25. The van der Waals surface area contributed by atoms with E-state index in [9.17, 15) is 9.18 Å². The van der Waals surface area contributed by atoms with Gasteiger partial charge in [-0.25, -0.2) is 9.18 Å². The van der Waals surface area contributed by atoms with E-state index in [4.69, 9.17) is 9.73 Å². The van der Waals surface area contributed by atoms with E-state index in [-0.39, 0.29) is 12.4 Å². The van der Waals surface area contributed by atoms with Gasteiger partial charge in [0.1, 0.15) is 12.4 Å². The number of amidine groups is 1. The Morgan fingerprint density at radius 2 is 2.14 bits per heavy atom. The lowest BCUT2D eigenvalue weighted by molar-refractivity contribution is 0.145. The Balaban J connectivity index is 1.55. The molecule has 1 amide bonds. The summed E-state index contributed by atoms with van der Waals surface area (Å²) in [5.41, 5.74) is 0.861. The number of alkyl carbamates (subject to hydrolysis) is 1. The second-order valence-electron chi connectivity index (χ2n) is 7.53. The van der Waals surface area contributed by atoms with Gasteiger partial charge in [0.25, 0.3) is 0 Å². The van der Waals surface area contributed by atoms with Crippen LogP contribution in [0.15, 0.2) is 58.0 Å². The van der Waals surface area contributed by atoms with Crippen molar-refractivity contribution in [1.29, 1.82) is 0 Å². The van der Waals surface area contributed by atoms with Crippen LogP contribution in [-0.2, 0) is 16.9 Å². The highest BCUT2D eigenvalue weighted by atomic mass is 79.9. The molecule has 2 aromatic rings. The number of nitrogens with one attached hydrogen (secondary N) is 1. The number of benzene rings is 2. The Morgan fingerprint density at radius 1 is 1.31 bits per heavy atom. The molecule has 2 aromatic carbocycles. The summed E-state index contributed by atoms with van der Waals surface area (Å²) in [4.78, 5) is 17.2. The van der Waals surface area contributed by atoms with Crippen LogP contribution in [0.2, 0.25) is 0 Å². The molecule has 0 spiro atoms. The molecule has 1 aliphatic heterocycles. The van der Waals surface area contributed by atoms with Crippen molar-refractivity contribution in [2.75, 3.05) is 5.75 Å². The van der Waals surface area contributed by atoms with E-state index in [0.29, 0.717) is 16.6 Å². The van der Waals surface area contributed by atoms with Crippen molar-refractivity contribution in [2.24, 2.45) is 10.9 Å². The summed E-state index contributed by atoms with van der Waals surface area (Å²) < 4.78 is 20.9. The lowest BCUT2D eigenvalue weighted by Gasteiger charge is -2.37. The SMILES string of the molecule is O=C(NC1=N[C@@]2(c3cc(Br)ccc3F)CCC[C@H](CS1)C2)OCc1ccccc1. The molecule has 2 bridgehead atoms. The Labute approximate surface area is 182 Å². The first-order chi connectivity index (χ1) is 14.0. The van der Waals surface area contributed by atoms with Crippen molar-refractivity contribution in [3.05, 3.63) is 69.9 Å². The third-order valence-electron chi connectivity index (χ3n) is 5.45. The van der Waals surface area contributed by atoms with Crippen molar-refractivity contribution in [1.82, 2.24) is 5.32 Å². The number of aliphatic imine (C=N–C) groups is 1. The van der Waals surface area contributed by atoms with Crippen LogP contribution < -0.4 is 5.32 Å². The van der Waals surface area contributed by atoms with Crippen LogP contribution in [0, 0.1) is 11.7 Å². The lowest BCUT2D eigenvalue weighted by Crippen LogP contribution is -2.34. The summed E-state index contributed by atoms with van der Waals surface area (Å²) in [5, 5.41) is 3.29. The maximum atomic E-state index is 14.8. The Hall–Kier alpha value is -1.86. The van der Waals surface area contributed by atoms with Crippen molar-refractivity contribution in [2.45, 2.75) is 37.8 Å². The summed E-state index contributed by atoms with van der Waals surface area (Å²) in [5.74, 6) is 1.04. The minimum atomic E-state index is -0.650. The molecule has 0 unspecified atom stereocenters. The van der Waals surface area contributed by atoms with Gasteiger partial charge in [-0.15, -0.1) is 0 Å². The number of hydrogen-bond acceptors (Lipinski definition) is 4. The number of fused-ring (bicyclic) bond motifs is 2. The molecule has 2 atom stereocenters. The Morgan fingerprint density at radius 3 is 2.97 bits per heavy atom. The first-order valence-electron chi connectivity index (χ1n) is 9.70. The molecular formula is C22H22BrFN2O2S. The number of rotatable bonds is 3. The zero-order valence-corrected chi connectivity index (χ0v) is 18.3. The molecule has 4 rings (SSSR count). The number of carbonyl (C=O) groups is 1. The molecule has 1 aliphatic carbocycles. The molecule has 1 fully saturated rings. The summed E-state index contributed by atoms with van der Waals surface area (Å²) in [7, 11) is 0. The van der Waals surface area contributed by atoms with Gasteiger partial charge < -0.3 is 4.74 Å². The molecule has 1 saturated carbocycles. The summed E-state index contributed by atoms with van der Waals surface area (Å²) >= 11 is 4.97. The van der Waals surface area contributed by atoms with Crippen LogP contribution >= 0.6 is 27.7 Å². The van der Waals surface area contributed by atoms with Gasteiger partial charge in [-0.05, 0) is 48.9 Å². The number of thioether (sulfide) groups is 1. The number of ether oxygens (including phenoxy) is 1. The normalized spacial score (nSPS) is 23.7. The fourth-order valence-electron chi connectivity index (χ4n) is 4.10. The van der Waals surface area contributed by atoms with Gasteiger partial charge in [0.15, 0.2) is 5.17 Å². The average molecular weight is 477 g/mol. The maximum absolute atomic E-state index is 14.8. The first-order valence-corrected chi connectivity index (χ1v) is 11.5. The average Bonchev–Trinajstić information content (AvgIpc) is 2.85. The van der Waals surface area contributed by atoms with E-state index in [1.807, 2.05) is 36.4 Å². The molecule has 0 saturated heterocycles. The van der Waals surface area contributed by atoms with E-state index in [2.05, 4.69) is 21.2 Å². The summed E-state index contributed by atoms with van der Waals surface area (Å²) in [6, 6.07) is 14.5. The number of carbonyl (C=O) groups excluding carboxylic acids is 1. The molecule has 0 radical (unpaired) electrons. The molecule has 2 aliphatic rings. The van der Waals surface area contributed by atoms with Crippen LogP contribution in [0.1, 0.15) is 36.8 Å². The summed E-state index contributed by atoms with van der Waals surface area (Å²) in [6.07, 6.45) is 3.11. The highest BCUT2D eigenvalue weighted by Crippen LogP contribution is 2.47. The third-order valence-corrected chi connectivity index (χ3v) is 7.05. The van der Waals surface area contributed by atoms with E-state index in [0.717, 1.165) is 41.5 Å². The van der Waals surface area contributed by atoms with E-state index in [1.165, 1.54) is 17.8 Å². The molecule has 0 aromatic heterocycles. The van der Waals surface area contributed by atoms with Gasteiger partial charge >= 0.3 is 6.09 Å². The monoisotopic (exact) mass is 476 g/mol. The maximum Gasteiger partial charge on any atom is 0.413 e. The molecule has 1 heterocycles. The quantitative estimate of drug-likeness (QED) is 0.590. The fraction of sp³-hybridized carbons (Fsp3) is 0.364. The number of halogens is 2. The fourth-order valence-corrected chi connectivity index (χ4v) is 5.54. The molecule has 4 nitrogen and oxygen atoms in total. The second kappa shape index (κ2) is 8.88. The predicted molar refractivity (Wildman–Crippen MR) is 117 cm³/mol. The minimum Gasteiger partial charge on any atom is -0.444 e. The highest BCUT2D eigenvalue weighted by molar-refractivity contribution is 9.10. The van der Waals surface area contributed by atoms with Gasteiger partial charge in [-0.2, -0.15) is 0 Å². The lowest BCUT2D eigenvalue weighted by atomic mass is 9.72. The largest absolute Gasteiger partial charge is 0.444 e. The summed E-state index contributed by atoms with van der Waals surface area (Å²) in [6.45, 7) is 0.193. The van der Waals surface area contributed by atoms with Gasteiger partial charge in [0.05, 0.1) is 5.54 Å². The van der Waals surface area contributed by atoms with E-state index >= 15 is 0 Å². The second-order valence-corrected chi connectivity index (χ2v) is 9.46. The van der Waals surface area contributed by atoms with Crippen molar-refractivity contribution < 1.29 is 13.9 Å². The van der Waals surface area contributed by atoms with E-state index in [1.54, 1.807) is 6.07 Å². The predicted octanol–water partition coefficient (Wildman–Crippen LogP) is 6.00. The topological polar surface area (TPSA) is 50.7 Å². The number of hydrogen-bond donors (Lipinski definition) is 1. The zero-order valence-electron chi connectivity index (χ0n) is 15.9. The van der Waals surface area contributed by atoms with Crippen molar-refractivity contribution in [3.8, 4) is 0 Å². The van der Waals surface area contributed by atoms with Crippen LogP contribution in [0.5, 0.6) is 0 Å². The van der Waals surface area contributed by atoms with Crippen molar-refractivity contribution in [3.63, 3.8) is 0 Å². The van der Waals surface area contributed by atoms with Gasteiger partial charge in [0, 0.05) is 15.8 Å². The van der Waals surface area contributed by atoms with Crippen LogP contribution in [0.3, 0.4) is 0 Å². The smallest absolute Gasteiger partial charge is 0.413 e. The molecule has 29 heavy (non-hydrogen) atoms. The minimum absolute atomic E-state index is 0.193. The zero-order chi connectivity index (χ0) is 20.3. The molecule has 7 heteroatoms. The van der Waals surface area contributed by atoms with Gasteiger partial charge in [-0.3, -0.25) is 10.3 Å². The van der Waals surface area contributed by atoms with E-state index < -0.39 is 11.6 Å². The van der Waals surface area contributed by atoms with Crippen LogP contribution in [0.25, 0.3) is 0 Å². The number of amides is 1. The first kappa shape index (κ1) is 20.4. The molecule has 1 N–H and O–H groups in total. The van der Waals surface area contributed by atoms with Gasteiger partial charge in [-0.1, -0.05) is 64.4 Å². The molecule has 152 valence electrons.